The van der Waals surface area contributed by atoms with Gasteiger partial charge in [0, 0.05) is 29.4 Å². The van der Waals surface area contributed by atoms with Gasteiger partial charge in [-0.2, -0.15) is 0 Å². The molecule has 110 valence electrons. The summed E-state index contributed by atoms with van der Waals surface area (Å²) in [4.78, 5) is 14.0. The smallest absolute Gasteiger partial charge is 0.254 e. The molecule has 3 nitrogen and oxygen atoms in total. The predicted molar refractivity (Wildman–Crippen MR) is 82.7 cm³/mol. The molecule has 2 rings (SSSR count). The Balaban J connectivity index is 2.24. The number of nitrogen functional groups attached to an aromatic ring is 1. The lowest BCUT2D eigenvalue weighted by atomic mass is 10.1. The lowest BCUT2D eigenvalue weighted by Crippen LogP contribution is -2.30. The Bertz CT molecular complexity index is 640. The van der Waals surface area contributed by atoms with Crippen molar-refractivity contribution in [2.45, 2.75) is 13.5 Å². The molecule has 2 aromatic carbocycles. The van der Waals surface area contributed by atoms with Crippen LogP contribution in [0.4, 0.5) is 10.1 Å². The van der Waals surface area contributed by atoms with Gasteiger partial charge in [0.05, 0.1) is 0 Å². The summed E-state index contributed by atoms with van der Waals surface area (Å²) in [7, 11) is 0. The molecule has 2 N–H and O–H groups in total. The Kier molecular flexibility index (Phi) is 4.81. The molecule has 1 amide bonds. The van der Waals surface area contributed by atoms with Crippen LogP contribution in [0.15, 0.2) is 42.5 Å². The van der Waals surface area contributed by atoms with Crippen molar-refractivity contribution in [3.8, 4) is 0 Å². The number of halogens is 2. The topological polar surface area (TPSA) is 46.3 Å². The van der Waals surface area contributed by atoms with Crippen molar-refractivity contribution in [2.75, 3.05) is 12.3 Å². The summed E-state index contributed by atoms with van der Waals surface area (Å²) < 4.78 is 13.4. The highest BCUT2D eigenvalue weighted by atomic mass is 35.5. The highest BCUT2D eigenvalue weighted by molar-refractivity contribution is 6.31. The van der Waals surface area contributed by atoms with E-state index in [9.17, 15) is 9.18 Å². The maximum atomic E-state index is 13.4. The van der Waals surface area contributed by atoms with E-state index in [2.05, 4.69) is 0 Å². The molecule has 0 fully saturated rings. The average molecular weight is 307 g/mol. The number of benzene rings is 2. The monoisotopic (exact) mass is 306 g/mol. The minimum absolute atomic E-state index is 0.229. The molecule has 0 aromatic heterocycles. The van der Waals surface area contributed by atoms with Gasteiger partial charge >= 0.3 is 0 Å². The minimum Gasteiger partial charge on any atom is -0.399 e. The molecule has 0 aliphatic heterocycles. The van der Waals surface area contributed by atoms with Gasteiger partial charge in [-0.3, -0.25) is 4.79 Å². The molecule has 0 unspecified atom stereocenters. The second-order valence-corrected chi connectivity index (χ2v) is 5.09. The van der Waals surface area contributed by atoms with Crippen molar-refractivity contribution >= 4 is 23.2 Å². The third-order valence-corrected chi connectivity index (χ3v) is 3.52. The van der Waals surface area contributed by atoms with E-state index in [4.69, 9.17) is 17.3 Å². The quantitative estimate of drug-likeness (QED) is 0.875. The summed E-state index contributed by atoms with van der Waals surface area (Å²) in [6, 6.07) is 11.2. The average Bonchev–Trinajstić information content (AvgIpc) is 2.44. The molecule has 2 aromatic rings. The maximum absolute atomic E-state index is 13.4. The molecule has 0 radical (unpaired) electrons. The van der Waals surface area contributed by atoms with E-state index in [0.717, 1.165) is 5.56 Å². The van der Waals surface area contributed by atoms with Gasteiger partial charge in [-0.1, -0.05) is 29.8 Å². The minimum atomic E-state index is -0.521. The zero-order valence-corrected chi connectivity index (χ0v) is 12.4. The van der Waals surface area contributed by atoms with E-state index in [-0.39, 0.29) is 17.2 Å². The largest absolute Gasteiger partial charge is 0.399 e. The van der Waals surface area contributed by atoms with Gasteiger partial charge in [0.15, 0.2) is 0 Å². The summed E-state index contributed by atoms with van der Waals surface area (Å²) in [6.45, 7) is 2.71. The van der Waals surface area contributed by atoms with Crippen LogP contribution in [0.5, 0.6) is 0 Å². The SMILES string of the molecule is CCN(Cc1ccccc1Cl)C(=O)c1cc(N)cc(F)c1. The number of hydrogen-bond donors (Lipinski definition) is 1. The third-order valence-electron chi connectivity index (χ3n) is 3.16. The molecule has 0 saturated heterocycles. The Morgan fingerprint density at radius 2 is 2.00 bits per heavy atom. The number of anilines is 1. The van der Waals surface area contributed by atoms with Gasteiger partial charge in [-0.15, -0.1) is 0 Å². The van der Waals surface area contributed by atoms with Gasteiger partial charge in [0.2, 0.25) is 0 Å². The maximum Gasteiger partial charge on any atom is 0.254 e. The van der Waals surface area contributed by atoms with Gasteiger partial charge < -0.3 is 10.6 Å². The fraction of sp³-hybridized carbons (Fsp3) is 0.188. The van der Waals surface area contributed by atoms with Crippen LogP contribution in [0, 0.1) is 5.82 Å². The number of carbonyl (C=O) groups excluding carboxylic acids is 1. The Labute approximate surface area is 128 Å². The Morgan fingerprint density at radius 1 is 1.29 bits per heavy atom. The summed E-state index contributed by atoms with van der Waals surface area (Å²) in [5.41, 5.74) is 6.90. The molecule has 0 saturated carbocycles. The molecule has 21 heavy (non-hydrogen) atoms. The van der Waals surface area contributed by atoms with Crippen LogP contribution < -0.4 is 5.73 Å². The first-order valence-electron chi connectivity index (χ1n) is 6.60. The standard InChI is InChI=1S/C16H16ClFN2O/c1-2-20(10-11-5-3-4-6-15(11)17)16(21)12-7-13(18)9-14(19)8-12/h3-9H,2,10,19H2,1H3. The van der Waals surface area contributed by atoms with Crippen molar-refractivity contribution in [3.05, 3.63) is 64.4 Å². The predicted octanol–water partition coefficient (Wildman–Crippen LogP) is 3.72. The molecular formula is C16H16ClFN2O. The fourth-order valence-electron chi connectivity index (χ4n) is 2.08. The highest BCUT2D eigenvalue weighted by Crippen LogP contribution is 2.19. The molecule has 5 heteroatoms. The summed E-state index contributed by atoms with van der Waals surface area (Å²) in [5.74, 6) is -0.796. The Morgan fingerprint density at radius 3 is 2.62 bits per heavy atom. The van der Waals surface area contributed by atoms with Crippen molar-refractivity contribution in [1.82, 2.24) is 4.90 Å². The summed E-state index contributed by atoms with van der Waals surface area (Å²) in [6.07, 6.45) is 0. The third kappa shape index (κ3) is 3.73. The van der Waals surface area contributed by atoms with E-state index in [1.807, 2.05) is 25.1 Å². The van der Waals surface area contributed by atoms with E-state index in [1.165, 1.54) is 18.2 Å². The molecule has 0 aliphatic carbocycles. The molecular weight excluding hydrogens is 291 g/mol. The first-order chi connectivity index (χ1) is 10.0. The van der Waals surface area contributed by atoms with E-state index in [0.29, 0.717) is 18.1 Å². The zero-order valence-electron chi connectivity index (χ0n) is 11.6. The number of nitrogens with zero attached hydrogens (tertiary/aromatic N) is 1. The molecule has 0 spiro atoms. The zero-order chi connectivity index (χ0) is 15.4. The first kappa shape index (κ1) is 15.3. The van der Waals surface area contributed by atoms with Crippen molar-refractivity contribution in [3.63, 3.8) is 0 Å². The van der Waals surface area contributed by atoms with Crippen LogP contribution in [0.3, 0.4) is 0 Å². The lowest BCUT2D eigenvalue weighted by molar-refractivity contribution is 0.0752. The molecule has 0 aliphatic rings. The molecule has 0 bridgehead atoms. The number of amides is 1. The van der Waals surface area contributed by atoms with Crippen molar-refractivity contribution in [1.29, 1.82) is 0 Å². The van der Waals surface area contributed by atoms with Gasteiger partial charge in [0.1, 0.15) is 5.82 Å². The normalized spacial score (nSPS) is 10.4. The molecule has 0 atom stereocenters. The number of nitrogens with two attached hydrogens (primary N) is 1. The van der Waals surface area contributed by atoms with Gasteiger partial charge in [-0.05, 0) is 36.8 Å². The number of hydrogen-bond acceptors (Lipinski definition) is 2. The van der Waals surface area contributed by atoms with Crippen LogP contribution in [0.2, 0.25) is 5.02 Å². The van der Waals surface area contributed by atoms with E-state index in [1.54, 1.807) is 11.0 Å². The summed E-state index contributed by atoms with van der Waals surface area (Å²) in [5, 5.41) is 0.600. The lowest BCUT2D eigenvalue weighted by Gasteiger charge is -2.22. The second kappa shape index (κ2) is 6.59. The highest BCUT2D eigenvalue weighted by Gasteiger charge is 2.16. The first-order valence-corrected chi connectivity index (χ1v) is 6.97. The van der Waals surface area contributed by atoms with Crippen LogP contribution in [0.1, 0.15) is 22.8 Å². The van der Waals surface area contributed by atoms with Crippen molar-refractivity contribution < 1.29 is 9.18 Å². The number of rotatable bonds is 4. The van der Waals surface area contributed by atoms with Crippen LogP contribution in [-0.4, -0.2) is 17.4 Å². The summed E-state index contributed by atoms with van der Waals surface area (Å²) >= 11 is 6.11. The fourth-order valence-corrected chi connectivity index (χ4v) is 2.27. The van der Waals surface area contributed by atoms with E-state index < -0.39 is 5.82 Å². The second-order valence-electron chi connectivity index (χ2n) is 4.68. The van der Waals surface area contributed by atoms with Gasteiger partial charge in [-0.25, -0.2) is 4.39 Å². The van der Waals surface area contributed by atoms with Crippen molar-refractivity contribution in [2.24, 2.45) is 0 Å². The molecule has 0 heterocycles. The Hall–Kier alpha value is -2.07. The van der Waals surface area contributed by atoms with Gasteiger partial charge in [0.25, 0.3) is 5.91 Å². The van der Waals surface area contributed by atoms with Crippen LogP contribution in [0.25, 0.3) is 0 Å². The van der Waals surface area contributed by atoms with E-state index >= 15 is 0 Å². The number of carbonyl (C=O) groups is 1. The van der Waals surface area contributed by atoms with Crippen LogP contribution in [-0.2, 0) is 6.54 Å². The van der Waals surface area contributed by atoms with Crippen LogP contribution >= 0.6 is 11.6 Å².